The monoisotopic (exact) mass is 226 g/mol. The second-order valence-electron chi connectivity index (χ2n) is 5.36. The number of piperidine rings is 1. The molecular formula is C13H26N2O. The van der Waals surface area contributed by atoms with E-state index >= 15 is 0 Å². The number of likely N-dealkylation sites (tertiary alicyclic amines) is 1. The van der Waals surface area contributed by atoms with E-state index in [1.54, 1.807) is 0 Å². The fourth-order valence-corrected chi connectivity index (χ4v) is 2.96. The maximum absolute atomic E-state index is 5.41. The zero-order chi connectivity index (χ0) is 11.2. The second kappa shape index (κ2) is 6.58. The molecule has 0 saturated carbocycles. The van der Waals surface area contributed by atoms with Crippen molar-refractivity contribution in [1.82, 2.24) is 10.2 Å². The number of nitrogens with one attached hydrogen (secondary N) is 1. The molecule has 0 bridgehead atoms. The summed E-state index contributed by atoms with van der Waals surface area (Å²) in [5.41, 5.74) is 0. The van der Waals surface area contributed by atoms with Crippen molar-refractivity contribution in [2.24, 2.45) is 11.8 Å². The molecule has 2 aliphatic rings. The molecule has 3 heteroatoms. The molecule has 94 valence electrons. The minimum Gasteiger partial charge on any atom is -0.381 e. The molecule has 0 aliphatic carbocycles. The molecule has 3 nitrogen and oxygen atoms in total. The van der Waals surface area contributed by atoms with Crippen molar-refractivity contribution in [3.05, 3.63) is 0 Å². The van der Waals surface area contributed by atoms with E-state index in [2.05, 4.69) is 17.3 Å². The molecule has 0 amide bonds. The average Bonchev–Trinajstić information content (AvgIpc) is 2.33. The van der Waals surface area contributed by atoms with E-state index in [9.17, 15) is 0 Å². The van der Waals surface area contributed by atoms with E-state index < -0.39 is 0 Å². The highest BCUT2D eigenvalue weighted by molar-refractivity contribution is 4.76. The van der Waals surface area contributed by atoms with Crippen LogP contribution in [0.15, 0.2) is 0 Å². The van der Waals surface area contributed by atoms with Gasteiger partial charge in [0, 0.05) is 19.8 Å². The van der Waals surface area contributed by atoms with Crippen molar-refractivity contribution in [3.8, 4) is 0 Å². The zero-order valence-electron chi connectivity index (χ0n) is 10.6. The van der Waals surface area contributed by atoms with Crippen molar-refractivity contribution < 1.29 is 4.74 Å². The first-order valence-electron chi connectivity index (χ1n) is 6.83. The van der Waals surface area contributed by atoms with Crippen molar-refractivity contribution in [1.29, 1.82) is 0 Å². The van der Waals surface area contributed by atoms with Gasteiger partial charge in [-0.05, 0) is 64.2 Å². The van der Waals surface area contributed by atoms with Crippen LogP contribution in [0.1, 0.15) is 25.7 Å². The normalized spacial score (nSPS) is 26.1. The summed E-state index contributed by atoms with van der Waals surface area (Å²) < 4.78 is 5.41. The Morgan fingerprint density at radius 3 is 2.38 bits per heavy atom. The first-order valence-corrected chi connectivity index (χ1v) is 6.83. The van der Waals surface area contributed by atoms with Crippen LogP contribution in [-0.2, 0) is 4.74 Å². The van der Waals surface area contributed by atoms with Gasteiger partial charge in [-0.2, -0.15) is 0 Å². The lowest BCUT2D eigenvalue weighted by Gasteiger charge is -2.35. The van der Waals surface area contributed by atoms with Gasteiger partial charge < -0.3 is 15.0 Å². The predicted molar refractivity (Wildman–Crippen MR) is 66.6 cm³/mol. The van der Waals surface area contributed by atoms with Gasteiger partial charge in [0.1, 0.15) is 0 Å². The van der Waals surface area contributed by atoms with Crippen molar-refractivity contribution in [2.75, 3.05) is 46.4 Å². The van der Waals surface area contributed by atoms with E-state index in [4.69, 9.17) is 4.74 Å². The Hall–Kier alpha value is -0.120. The van der Waals surface area contributed by atoms with Gasteiger partial charge in [-0.15, -0.1) is 0 Å². The highest BCUT2D eigenvalue weighted by atomic mass is 16.5. The molecule has 1 N–H and O–H groups in total. The van der Waals surface area contributed by atoms with Gasteiger partial charge in [-0.25, -0.2) is 0 Å². The molecule has 16 heavy (non-hydrogen) atoms. The first kappa shape index (κ1) is 12.3. The summed E-state index contributed by atoms with van der Waals surface area (Å²) in [7, 11) is 2.06. The molecular weight excluding hydrogens is 200 g/mol. The number of rotatable bonds is 4. The lowest BCUT2D eigenvalue weighted by Crippen LogP contribution is -2.40. The van der Waals surface area contributed by atoms with Gasteiger partial charge in [0.2, 0.25) is 0 Å². The molecule has 0 unspecified atom stereocenters. The summed E-state index contributed by atoms with van der Waals surface area (Å²) in [6, 6.07) is 0. The molecule has 2 aliphatic heterocycles. The summed E-state index contributed by atoms with van der Waals surface area (Å²) in [4.78, 5) is 2.67. The van der Waals surface area contributed by atoms with E-state index in [0.717, 1.165) is 25.0 Å². The van der Waals surface area contributed by atoms with Crippen LogP contribution in [0, 0.1) is 11.8 Å². The minimum atomic E-state index is 0.898. The standard InChI is InChI=1S/C13H26N2O/c1-14-10-12-2-6-15(7-3-12)11-13-4-8-16-9-5-13/h12-14H,2-11H2,1H3. The van der Waals surface area contributed by atoms with Gasteiger partial charge in [-0.3, -0.25) is 0 Å². The Kier molecular flexibility index (Phi) is 5.07. The molecule has 0 aromatic carbocycles. The first-order chi connectivity index (χ1) is 7.88. The fraction of sp³-hybridized carbons (Fsp3) is 1.00. The van der Waals surface area contributed by atoms with E-state index in [-0.39, 0.29) is 0 Å². The van der Waals surface area contributed by atoms with Crippen molar-refractivity contribution in [3.63, 3.8) is 0 Å². The molecule has 2 saturated heterocycles. The Labute approximate surface area is 99.5 Å². The van der Waals surface area contributed by atoms with Crippen LogP contribution < -0.4 is 5.32 Å². The van der Waals surface area contributed by atoms with E-state index in [1.165, 1.54) is 51.9 Å². The van der Waals surface area contributed by atoms with E-state index in [1.807, 2.05) is 0 Å². The fourth-order valence-electron chi connectivity index (χ4n) is 2.96. The molecule has 0 spiro atoms. The molecule has 2 rings (SSSR count). The SMILES string of the molecule is CNCC1CCN(CC2CCOCC2)CC1. The van der Waals surface area contributed by atoms with Gasteiger partial charge in [0.15, 0.2) is 0 Å². The van der Waals surface area contributed by atoms with Crippen LogP contribution in [0.2, 0.25) is 0 Å². The molecule has 0 aromatic heterocycles. The third-order valence-corrected chi connectivity index (χ3v) is 4.06. The lowest BCUT2D eigenvalue weighted by molar-refractivity contribution is 0.0468. The molecule has 0 aromatic rings. The van der Waals surface area contributed by atoms with Gasteiger partial charge in [-0.1, -0.05) is 0 Å². The van der Waals surface area contributed by atoms with Crippen LogP contribution in [0.25, 0.3) is 0 Å². The lowest BCUT2D eigenvalue weighted by atomic mass is 9.94. The summed E-state index contributed by atoms with van der Waals surface area (Å²) in [6.07, 6.45) is 5.31. The summed E-state index contributed by atoms with van der Waals surface area (Å²) in [5.74, 6) is 1.81. The van der Waals surface area contributed by atoms with Crippen LogP contribution in [0.4, 0.5) is 0 Å². The maximum atomic E-state index is 5.41. The van der Waals surface area contributed by atoms with E-state index in [0.29, 0.717) is 0 Å². The molecule has 2 fully saturated rings. The highest BCUT2D eigenvalue weighted by Gasteiger charge is 2.22. The van der Waals surface area contributed by atoms with Gasteiger partial charge in [0.05, 0.1) is 0 Å². The minimum absolute atomic E-state index is 0.898. The number of hydrogen-bond acceptors (Lipinski definition) is 3. The number of ether oxygens (including phenoxy) is 1. The second-order valence-corrected chi connectivity index (χ2v) is 5.36. The Balaban J connectivity index is 1.64. The van der Waals surface area contributed by atoms with Gasteiger partial charge >= 0.3 is 0 Å². The third-order valence-electron chi connectivity index (χ3n) is 4.06. The third kappa shape index (κ3) is 3.72. The van der Waals surface area contributed by atoms with Crippen LogP contribution >= 0.6 is 0 Å². The average molecular weight is 226 g/mol. The smallest absolute Gasteiger partial charge is 0.0469 e. The Bertz CT molecular complexity index is 184. The molecule has 0 radical (unpaired) electrons. The molecule has 0 atom stereocenters. The van der Waals surface area contributed by atoms with Crippen LogP contribution in [0.3, 0.4) is 0 Å². The predicted octanol–water partition coefficient (Wildman–Crippen LogP) is 1.34. The summed E-state index contributed by atoms with van der Waals surface area (Å²) >= 11 is 0. The maximum Gasteiger partial charge on any atom is 0.0469 e. The van der Waals surface area contributed by atoms with Crippen LogP contribution in [0.5, 0.6) is 0 Å². The zero-order valence-corrected chi connectivity index (χ0v) is 10.6. The van der Waals surface area contributed by atoms with Crippen LogP contribution in [-0.4, -0.2) is 51.3 Å². The highest BCUT2D eigenvalue weighted by Crippen LogP contribution is 2.21. The largest absolute Gasteiger partial charge is 0.381 e. The van der Waals surface area contributed by atoms with Crippen molar-refractivity contribution >= 4 is 0 Å². The Morgan fingerprint density at radius 2 is 1.75 bits per heavy atom. The quantitative estimate of drug-likeness (QED) is 0.783. The summed E-state index contributed by atoms with van der Waals surface area (Å²) in [6.45, 7) is 7.11. The van der Waals surface area contributed by atoms with Gasteiger partial charge in [0.25, 0.3) is 0 Å². The number of hydrogen-bond donors (Lipinski definition) is 1. The number of nitrogens with zero attached hydrogens (tertiary/aromatic N) is 1. The van der Waals surface area contributed by atoms with Crippen molar-refractivity contribution in [2.45, 2.75) is 25.7 Å². The summed E-state index contributed by atoms with van der Waals surface area (Å²) in [5, 5.41) is 3.30. The molecule has 2 heterocycles. The topological polar surface area (TPSA) is 24.5 Å². The Morgan fingerprint density at radius 1 is 1.06 bits per heavy atom.